The Labute approximate surface area is 45.8 Å². The number of aromatic nitrogens is 1. The van der Waals surface area contributed by atoms with E-state index in [9.17, 15) is 0 Å². The average Bonchev–Trinajstić information content (AvgIpc) is 1.69. The fraction of sp³-hybridized carbons (Fsp3) is 0. The Morgan fingerprint density at radius 3 is 2.86 bits per heavy atom. The summed E-state index contributed by atoms with van der Waals surface area (Å²) in [7, 11) is 0. The van der Waals surface area contributed by atoms with Crippen LogP contribution in [-0.4, -0.2) is 4.98 Å². The van der Waals surface area contributed by atoms with Crippen molar-refractivity contribution >= 4 is 12.2 Å². The van der Waals surface area contributed by atoms with E-state index in [4.69, 9.17) is 0 Å². The Bertz CT molecular complexity index is 177. The molecule has 0 aliphatic rings. The van der Waals surface area contributed by atoms with Crippen LogP contribution in [0.3, 0.4) is 0 Å². The van der Waals surface area contributed by atoms with Crippen molar-refractivity contribution < 1.29 is 4.42 Å². The van der Waals surface area contributed by atoms with E-state index in [1.54, 1.807) is 6.07 Å². The van der Waals surface area contributed by atoms with Gasteiger partial charge in [-0.1, -0.05) is 12.2 Å². The van der Waals surface area contributed by atoms with Gasteiger partial charge in [0.05, 0.1) is 6.26 Å². The van der Waals surface area contributed by atoms with E-state index in [-0.39, 0.29) is 0 Å². The van der Waals surface area contributed by atoms with Gasteiger partial charge < -0.3 is 4.42 Å². The van der Waals surface area contributed by atoms with Gasteiger partial charge in [0, 0.05) is 6.07 Å². The first kappa shape index (κ1) is 4.46. The average molecular weight is 113 g/mol. The van der Waals surface area contributed by atoms with Crippen molar-refractivity contribution in [2.45, 2.75) is 0 Å². The first-order valence-corrected chi connectivity index (χ1v) is 2.19. The molecule has 0 saturated carbocycles. The molecule has 0 aliphatic heterocycles. The van der Waals surface area contributed by atoms with Gasteiger partial charge in [-0.2, -0.15) is 0 Å². The molecule has 0 saturated heterocycles. The Kier molecular flexibility index (Phi) is 1.17. The molecule has 0 fully saturated rings. The number of nitrogens with zero attached hydrogens (tertiary/aromatic N) is 1. The number of rotatable bonds is 0. The Hall–Kier alpha value is -0.700. The number of hydrogen-bond acceptors (Lipinski definition) is 3. The highest BCUT2D eigenvalue weighted by atomic mass is 32.1. The van der Waals surface area contributed by atoms with E-state index in [1.165, 1.54) is 12.7 Å². The standard InChI is InChI=1S/C4H3NOS/c7-4-1-2-6-3-5-4/h1-3H. The molecule has 7 heavy (non-hydrogen) atoms. The molecule has 0 aliphatic carbocycles. The largest absolute Gasteiger partial charge is 0.453 e. The molecular weight excluding hydrogens is 110 g/mol. The predicted octanol–water partition coefficient (Wildman–Crippen LogP) is 1.40. The quantitative estimate of drug-likeness (QED) is 0.476. The lowest BCUT2D eigenvalue weighted by Gasteiger charge is -1.74. The molecule has 0 atom stereocenters. The van der Waals surface area contributed by atoms with Crippen LogP contribution in [0.2, 0.25) is 0 Å². The van der Waals surface area contributed by atoms with Crippen molar-refractivity contribution in [1.29, 1.82) is 0 Å². The fourth-order valence-corrected chi connectivity index (χ4v) is 0.357. The van der Waals surface area contributed by atoms with Gasteiger partial charge in [-0.25, -0.2) is 4.98 Å². The highest BCUT2D eigenvalue weighted by Crippen LogP contribution is 1.80. The highest BCUT2D eigenvalue weighted by Gasteiger charge is 1.69. The molecule has 1 rings (SSSR count). The zero-order valence-electron chi connectivity index (χ0n) is 3.50. The van der Waals surface area contributed by atoms with Gasteiger partial charge in [-0.3, -0.25) is 0 Å². The molecule has 2 nitrogen and oxygen atoms in total. The molecule has 0 amide bonds. The first-order chi connectivity index (χ1) is 3.39. The van der Waals surface area contributed by atoms with Gasteiger partial charge in [-0.15, -0.1) is 0 Å². The molecule has 1 aromatic heterocycles. The predicted molar refractivity (Wildman–Crippen MR) is 27.3 cm³/mol. The monoisotopic (exact) mass is 113 g/mol. The maximum Gasteiger partial charge on any atom is 0.181 e. The maximum atomic E-state index is 4.64. The second kappa shape index (κ2) is 1.84. The molecule has 1 aromatic rings. The minimum Gasteiger partial charge on any atom is -0.453 e. The van der Waals surface area contributed by atoms with Gasteiger partial charge in [0.15, 0.2) is 6.39 Å². The normalized spacial score (nSPS) is 8.57. The minimum absolute atomic E-state index is 0.561. The molecule has 0 unspecified atom stereocenters. The summed E-state index contributed by atoms with van der Waals surface area (Å²) in [6.07, 6.45) is 2.80. The molecule has 3 heteroatoms. The zero-order chi connectivity index (χ0) is 5.11. The summed E-state index contributed by atoms with van der Waals surface area (Å²) in [5.74, 6) is 0. The Morgan fingerprint density at radius 1 is 1.71 bits per heavy atom. The van der Waals surface area contributed by atoms with Crippen LogP contribution in [0.25, 0.3) is 0 Å². The topological polar surface area (TPSA) is 26.0 Å². The molecule has 0 spiro atoms. The first-order valence-electron chi connectivity index (χ1n) is 1.78. The van der Waals surface area contributed by atoms with Crippen LogP contribution in [0.5, 0.6) is 0 Å². The van der Waals surface area contributed by atoms with Crippen LogP contribution in [0.1, 0.15) is 0 Å². The third-order valence-corrected chi connectivity index (χ3v) is 0.771. The summed E-state index contributed by atoms with van der Waals surface area (Å²) < 4.78 is 5.14. The van der Waals surface area contributed by atoms with E-state index >= 15 is 0 Å². The summed E-state index contributed by atoms with van der Waals surface area (Å²) in [4.78, 5) is 3.63. The smallest absolute Gasteiger partial charge is 0.181 e. The van der Waals surface area contributed by atoms with Gasteiger partial charge in [0.2, 0.25) is 0 Å². The van der Waals surface area contributed by atoms with Crippen molar-refractivity contribution in [2.75, 3.05) is 0 Å². The Balaban J connectivity index is 3.28. The van der Waals surface area contributed by atoms with Crippen molar-refractivity contribution in [1.82, 2.24) is 4.98 Å². The highest BCUT2D eigenvalue weighted by molar-refractivity contribution is 7.71. The molecule has 0 aromatic carbocycles. The van der Waals surface area contributed by atoms with E-state index in [0.717, 1.165) is 0 Å². The van der Waals surface area contributed by atoms with Crippen LogP contribution < -0.4 is 0 Å². The summed E-state index contributed by atoms with van der Waals surface area (Å²) in [5, 5.41) is 0. The minimum atomic E-state index is 0.561. The second-order valence-corrected chi connectivity index (χ2v) is 1.43. The summed E-state index contributed by atoms with van der Waals surface area (Å²) in [6.45, 7) is 0. The van der Waals surface area contributed by atoms with Crippen LogP contribution in [0.15, 0.2) is 23.1 Å². The van der Waals surface area contributed by atoms with Gasteiger partial charge >= 0.3 is 0 Å². The van der Waals surface area contributed by atoms with Crippen LogP contribution >= 0.6 is 12.2 Å². The zero-order valence-corrected chi connectivity index (χ0v) is 4.31. The molecular formula is C4H3NOS. The van der Waals surface area contributed by atoms with E-state index in [2.05, 4.69) is 21.6 Å². The van der Waals surface area contributed by atoms with Gasteiger partial charge in [-0.05, 0) is 0 Å². The van der Waals surface area contributed by atoms with Gasteiger partial charge in [0.1, 0.15) is 4.64 Å². The van der Waals surface area contributed by atoms with E-state index < -0.39 is 0 Å². The van der Waals surface area contributed by atoms with E-state index in [1.807, 2.05) is 0 Å². The summed E-state index contributed by atoms with van der Waals surface area (Å²) >= 11 is 4.64. The molecule has 1 heterocycles. The van der Waals surface area contributed by atoms with Crippen LogP contribution in [0, 0.1) is 4.64 Å². The Morgan fingerprint density at radius 2 is 2.57 bits per heavy atom. The lowest BCUT2D eigenvalue weighted by atomic mass is 10.7. The lowest BCUT2D eigenvalue weighted by Crippen LogP contribution is -1.64. The van der Waals surface area contributed by atoms with Crippen molar-refractivity contribution in [3.8, 4) is 0 Å². The van der Waals surface area contributed by atoms with Crippen molar-refractivity contribution in [3.05, 3.63) is 23.4 Å². The van der Waals surface area contributed by atoms with Crippen molar-refractivity contribution in [3.63, 3.8) is 0 Å². The fourth-order valence-electron chi connectivity index (χ4n) is 0.258. The molecule has 0 N–H and O–H groups in total. The van der Waals surface area contributed by atoms with Crippen LogP contribution in [-0.2, 0) is 0 Å². The third-order valence-electron chi connectivity index (χ3n) is 0.530. The summed E-state index contributed by atoms with van der Waals surface area (Å²) in [5.41, 5.74) is 0. The second-order valence-electron chi connectivity index (χ2n) is 1.01. The van der Waals surface area contributed by atoms with E-state index in [0.29, 0.717) is 4.64 Å². The van der Waals surface area contributed by atoms with Crippen molar-refractivity contribution in [2.24, 2.45) is 0 Å². The SMILES string of the molecule is S=c1ccocn1. The third kappa shape index (κ3) is 1.08. The molecule has 0 radical (unpaired) electrons. The lowest BCUT2D eigenvalue weighted by molar-refractivity contribution is 0.526. The molecule has 0 bridgehead atoms. The summed E-state index contributed by atoms with van der Waals surface area (Å²) in [6, 6.07) is 1.62. The molecule has 36 valence electrons. The maximum absolute atomic E-state index is 4.64. The van der Waals surface area contributed by atoms with Gasteiger partial charge in [0.25, 0.3) is 0 Å². The number of hydrogen-bond donors (Lipinski definition) is 0. The van der Waals surface area contributed by atoms with Crippen LogP contribution in [0.4, 0.5) is 0 Å².